The summed E-state index contributed by atoms with van der Waals surface area (Å²) in [7, 11) is -3.23. The Kier molecular flexibility index (Phi) is 4.88. The molecule has 0 radical (unpaired) electrons. The molecule has 6 heteroatoms. The fourth-order valence-electron chi connectivity index (χ4n) is 2.45. The van der Waals surface area contributed by atoms with Crippen molar-refractivity contribution in [1.82, 2.24) is 10.0 Å². The number of hydrogen-bond donors (Lipinski definition) is 2. The number of benzene rings is 1. The van der Waals surface area contributed by atoms with Gasteiger partial charge in [0.05, 0.1) is 5.75 Å². The maximum atomic E-state index is 12.1. The van der Waals surface area contributed by atoms with Crippen molar-refractivity contribution in [2.24, 2.45) is 0 Å². The SMILES string of the molecule is O=S(=O)(Cc1ccc(CNC2CC2)cc1)NC1CCSC1. The topological polar surface area (TPSA) is 58.2 Å². The number of hydrogen-bond acceptors (Lipinski definition) is 4. The van der Waals surface area contributed by atoms with E-state index in [2.05, 4.69) is 10.0 Å². The molecular formula is C15H22N2O2S2. The number of nitrogens with one attached hydrogen (secondary N) is 2. The Labute approximate surface area is 131 Å². The first kappa shape index (κ1) is 15.3. The minimum atomic E-state index is -3.23. The first-order chi connectivity index (χ1) is 10.1. The zero-order valence-electron chi connectivity index (χ0n) is 12.0. The van der Waals surface area contributed by atoms with Crippen molar-refractivity contribution < 1.29 is 8.42 Å². The molecule has 1 heterocycles. The fourth-order valence-corrected chi connectivity index (χ4v) is 5.13. The highest BCUT2D eigenvalue weighted by atomic mass is 32.2. The molecule has 1 saturated carbocycles. The van der Waals surface area contributed by atoms with Crippen LogP contribution in [0.2, 0.25) is 0 Å². The zero-order valence-corrected chi connectivity index (χ0v) is 13.7. The lowest BCUT2D eigenvalue weighted by Gasteiger charge is -2.12. The molecule has 0 bridgehead atoms. The monoisotopic (exact) mass is 326 g/mol. The molecule has 0 aromatic heterocycles. The normalized spacial score (nSPS) is 22.6. The highest BCUT2D eigenvalue weighted by Gasteiger charge is 2.22. The Morgan fingerprint density at radius 1 is 1.05 bits per heavy atom. The van der Waals surface area contributed by atoms with E-state index in [1.165, 1.54) is 18.4 Å². The van der Waals surface area contributed by atoms with Crippen molar-refractivity contribution in [1.29, 1.82) is 0 Å². The van der Waals surface area contributed by atoms with Gasteiger partial charge in [0.15, 0.2) is 0 Å². The van der Waals surface area contributed by atoms with Gasteiger partial charge in [-0.05, 0) is 36.1 Å². The Morgan fingerprint density at radius 3 is 2.38 bits per heavy atom. The van der Waals surface area contributed by atoms with Crippen molar-refractivity contribution in [2.45, 2.75) is 43.6 Å². The molecule has 2 fully saturated rings. The Balaban J connectivity index is 1.53. The van der Waals surface area contributed by atoms with Crippen LogP contribution < -0.4 is 10.0 Å². The van der Waals surface area contributed by atoms with Crippen molar-refractivity contribution in [3.63, 3.8) is 0 Å². The zero-order chi connectivity index (χ0) is 14.7. The van der Waals surface area contributed by atoms with Crippen molar-refractivity contribution in [3.05, 3.63) is 35.4 Å². The van der Waals surface area contributed by atoms with Gasteiger partial charge in [0.2, 0.25) is 10.0 Å². The van der Waals surface area contributed by atoms with Gasteiger partial charge in [-0.3, -0.25) is 0 Å². The summed E-state index contributed by atoms with van der Waals surface area (Å²) in [4.78, 5) is 0. The first-order valence-electron chi connectivity index (χ1n) is 7.50. The van der Waals surface area contributed by atoms with Gasteiger partial charge in [0.1, 0.15) is 0 Å². The molecule has 1 unspecified atom stereocenters. The summed E-state index contributed by atoms with van der Waals surface area (Å²) in [5.41, 5.74) is 2.06. The lowest BCUT2D eigenvalue weighted by Crippen LogP contribution is -2.35. The molecule has 2 aliphatic rings. The molecule has 1 saturated heterocycles. The molecule has 2 N–H and O–H groups in total. The molecule has 0 amide bonds. The van der Waals surface area contributed by atoms with E-state index in [1.54, 1.807) is 0 Å². The smallest absolute Gasteiger partial charge is 0.216 e. The molecule has 0 spiro atoms. The van der Waals surface area contributed by atoms with Crippen LogP contribution in [0.3, 0.4) is 0 Å². The number of sulfonamides is 1. The summed E-state index contributed by atoms with van der Waals surface area (Å²) < 4.78 is 27.1. The maximum absolute atomic E-state index is 12.1. The predicted molar refractivity (Wildman–Crippen MR) is 87.8 cm³/mol. The largest absolute Gasteiger partial charge is 0.310 e. The molecule has 1 aliphatic heterocycles. The van der Waals surface area contributed by atoms with Crippen molar-refractivity contribution >= 4 is 21.8 Å². The minimum absolute atomic E-state index is 0.0739. The average Bonchev–Trinajstić information content (AvgIpc) is 3.14. The summed E-state index contributed by atoms with van der Waals surface area (Å²) >= 11 is 1.81. The summed E-state index contributed by atoms with van der Waals surface area (Å²) in [5.74, 6) is 2.02. The van der Waals surface area contributed by atoms with Crippen LogP contribution in [0.25, 0.3) is 0 Å². The van der Waals surface area contributed by atoms with Crippen LogP contribution in [-0.4, -0.2) is 32.0 Å². The molecule has 116 valence electrons. The van der Waals surface area contributed by atoms with Crippen LogP contribution >= 0.6 is 11.8 Å². The Morgan fingerprint density at radius 2 is 1.76 bits per heavy atom. The molecule has 1 aromatic rings. The first-order valence-corrected chi connectivity index (χ1v) is 10.3. The van der Waals surface area contributed by atoms with Gasteiger partial charge in [-0.15, -0.1) is 0 Å². The number of thioether (sulfide) groups is 1. The van der Waals surface area contributed by atoms with Crippen LogP contribution in [0, 0.1) is 0 Å². The molecule has 21 heavy (non-hydrogen) atoms. The van der Waals surface area contributed by atoms with Gasteiger partial charge >= 0.3 is 0 Å². The second kappa shape index (κ2) is 6.69. The van der Waals surface area contributed by atoms with Crippen LogP contribution in [0.5, 0.6) is 0 Å². The van der Waals surface area contributed by atoms with Gasteiger partial charge in [-0.25, -0.2) is 13.1 Å². The Bertz CT molecular complexity index is 562. The average molecular weight is 326 g/mol. The third kappa shape index (κ3) is 4.98. The second-order valence-electron chi connectivity index (χ2n) is 5.91. The Hall–Kier alpha value is -0.560. The highest BCUT2D eigenvalue weighted by Crippen LogP contribution is 2.20. The lowest BCUT2D eigenvalue weighted by molar-refractivity contribution is 0.562. The molecule has 1 aromatic carbocycles. The highest BCUT2D eigenvalue weighted by molar-refractivity contribution is 7.99. The third-order valence-electron chi connectivity index (χ3n) is 3.83. The van der Waals surface area contributed by atoms with Crippen molar-refractivity contribution in [3.8, 4) is 0 Å². The third-order valence-corrected chi connectivity index (χ3v) is 6.40. The van der Waals surface area contributed by atoms with Gasteiger partial charge in [-0.1, -0.05) is 24.3 Å². The van der Waals surface area contributed by atoms with E-state index >= 15 is 0 Å². The van der Waals surface area contributed by atoms with Crippen LogP contribution in [0.4, 0.5) is 0 Å². The van der Waals surface area contributed by atoms with E-state index in [-0.39, 0.29) is 11.8 Å². The van der Waals surface area contributed by atoms with E-state index in [0.29, 0.717) is 6.04 Å². The molecule has 1 aliphatic carbocycles. The van der Waals surface area contributed by atoms with Crippen molar-refractivity contribution in [2.75, 3.05) is 11.5 Å². The summed E-state index contributed by atoms with van der Waals surface area (Å²) in [6, 6.07) is 8.69. The van der Waals surface area contributed by atoms with E-state index in [0.717, 1.165) is 30.0 Å². The van der Waals surface area contributed by atoms with Gasteiger partial charge in [0, 0.05) is 24.4 Å². The maximum Gasteiger partial charge on any atom is 0.216 e. The summed E-state index contributed by atoms with van der Waals surface area (Å²) in [6.45, 7) is 0.870. The molecular weight excluding hydrogens is 304 g/mol. The molecule has 3 rings (SSSR count). The van der Waals surface area contributed by atoms with E-state index in [9.17, 15) is 8.42 Å². The van der Waals surface area contributed by atoms with Gasteiger partial charge in [-0.2, -0.15) is 11.8 Å². The van der Waals surface area contributed by atoms with Gasteiger partial charge in [0.25, 0.3) is 0 Å². The minimum Gasteiger partial charge on any atom is -0.310 e. The van der Waals surface area contributed by atoms with E-state index < -0.39 is 10.0 Å². The fraction of sp³-hybridized carbons (Fsp3) is 0.600. The van der Waals surface area contributed by atoms with Crippen LogP contribution in [-0.2, 0) is 22.3 Å². The molecule has 4 nitrogen and oxygen atoms in total. The van der Waals surface area contributed by atoms with Crippen LogP contribution in [0.1, 0.15) is 30.4 Å². The molecule has 1 atom stereocenters. The van der Waals surface area contributed by atoms with E-state index in [4.69, 9.17) is 0 Å². The standard InChI is InChI=1S/C15H22N2O2S2/c18-21(19,17-15-7-8-20-10-15)11-13-3-1-12(2-4-13)9-16-14-5-6-14/h1-4,14-17H,5-11H2. The van der Waals surface area contributed by atoms with E-state index in [1.807, 2.05) is 36.0 Å². The lowest BCUT2D eigenvalue weighted by atomic mass is 10.1. The van der Waals surface area contributed by atoms with Gasteiger partial charge < -0.3 is 5.32 Å². The summed E-state index contributed by atoms with van der Waals surface area (Å²) in [6.07, 6.45) is 3.50. The second-order valence-corrected chi connectivity index (χ2v) is 8.81. The van der Waals surface area contributed by atoms with Crippen LogP contribution in [0.15, 0.2) is 24.3 Å². The number of rotatable bonds is 7. The quantitative estimate of drug-likeness (QED) is 0.803. The summed E-state index contributed by atoms with van der Waals surface area (Å²) in [5, 5.41) is 3.46. The predicted octanol–water partition coefficient (Wildman–Crippen LogP) is 1.86.